The Morgan fingerprint density at radius 3 is 0.922 bits per heavy atom. The zero-order valence-corrected chi connectivity index (χ0v) is 42.1. The highest BCUT2D eigenvalue weighted by Gasteiger charge is 2.19. The van der Waals surface area contributed by atoms with Crippen LogP contribution in [-0.4, -0.2) is 138 Å². The molecular formula is C52H92N12. The fourth-order valence-electron chi connectivity index (χ4n) is 10.1. The number of nitrogens with zero attached hydrogens (tertiary/aromatic N) is 12. The van der Waals surface area contributed by atoms with Gasteiger partial charge in [0.05, 0.1) is 36.7 Å². The molecule has 4 saturated heterocycles. The Hall–Kier alpha value is -3.32. The van der Waals surface area contributed by atoms with Crippen LogP contribution in [0.25, 0.3) is 0 Å². The van der Waals surface area contributed by atoms with Crippen molar-refractivity contribution in [2.45, 2.75) is 157 Å². The lowest BCUT2D eigenvalue weighted by Crippen LogP contribution is -2.30. The van der Waals surface area contributed by atoms with Gasteiger partial charge in [-0.15, -0.1) is 0 Å². The Bertz CT molecular complexity index is 1630. The van der Waals surface area contributed by atoms with Gasteiger partial charge in [0, 0.05) is 62.4 Å². The Morgan fingerprint density at radius 1 is 0.406 bits per heavy atom. The molecule has 4 aromatic rings. The van der Waals surface area contributed by atoms with Crippen LogP contribution in [0, 0.1) is 51.4 Å². The highest BCUT2D eigenvalue weighted by Crippen LogP contribution is 2.24. The van der Waals surface area contributed by atoms with E-state index in [2.05, 4.69) is 112 Å². The highest BCUT2D eigenvalue weighted by atomic mass is 15.1. The molecular weight excluding hydrogens is 793 g/mol. The maximum atomic E-state index is 4.25. The van der Waals surface area contributed by atoms with Crippen molar-refractivity contribution in [3.05, 3.63) is 72.9 Å². The second kappa shape index (κ2) is 28.7. The van der Waals surface area contributed by atoms with Crippen LogP contribution in [0.2, 0.25) is 0 Å². The van der Waals surface area contributed by atoms with Gasteiger partial charge in [0.25, 0.3) is 0 Å². The monoisotopic (exact) mass is 885 g/mol. The van der Waals surface area contributed by atoms with Crippen LogP contribution in [0.5, 0.6) is 0 Å². The summed E-state index contributed by atoms with van der Waals surface area (Å²) in [7, 11) is 8.91. The van der Waals surface area contributed by atoms with E-state index in [0.717, 1.165) is 61.2 Å². The van der Waals surface area contributed by atoms with Gasteiger partial charge in [-0.3, -0.25) is 0 Å². The van der Waals surface area contributed by atoms with E-state index in [1.54, 1.807) is 0 Å². The molecule has 0 unspecified atom stereocenters. The van der Waals surface area contributed by atoms with Crippen LogP contribution in [0.4, 0.5) is 0 Å². The summed E-state index contributed by atoms with van der Waals surface area (Å²) in [5.41, 5.74) is 4.81. The van der Waals surface area contributed by atoms with Crippen LogP contribution in [0.15, 0.2) is 50.1 Å². The van der Waals surface area contributed by atoms with E-state index in [4.69, 9.17) is 0 Å². The molecule has 0 aliphatic carbocycles. The number of hydrogen-bond acceptors (Lipinski definition) is 8. The third-order valence-electron chi connectivity index (χ3n) is 14.8. The van der Waals surface area contributed by atoms with Gasteiger partial charge in [0.1, 0.15) is 0 Å². The SMILES string of the molecule is Cc1cn(CCCC2CCN(C)CC2)cn1.Cc1cn(CCCC2CCN(C)CC2)cn1.Cc1cncn1CCCC1CCN(C)CC1.Cc1cncn1CCCC1CCN(C)CC1. The van der Waals surface area contributed by atoms with E-state index in [9.17, 15) is 0 Å². The molecule has 4 aliphatic heterocycles. The molecule has 0 bridgehead atoms. The predicted molar refractivity (Wildman–Crippen MR) is 266 cm³/mol. The molecule has 4 aromatic heterocycles. The van der Waals surface area contributed by atoms with Gasteiger partial charge in [-0.05, 0) is 235 Å². The topological polar surface area (TPSA) is 84.2 Å². The van der Waals surface area contributed by atoms with Crippen molar-refractivity contribution in [3.8, 4) is 0 Å². The number of hydrogen-bond donors (Lipinski definition) is 0. The lowest BCUT2D eigenvalue weighted by molar-refractivity contribution is 0.209. The molecule has 0 aromatic carbocycles. The first-order valence-corrected chi connectivity index (χ1v) is 25.6. The van der Waals surface area contributed by atoms with Crippen LogP contribution in [-0.2, 0) is 26.2 Å². The van der Waals surface area contributed by atoms with E-state index >= 15 is 0 Å². The second-order valence-electron chi connectivity index (χ2n) is 20.5. The van der Waals surface area contributed by atoms with Crippen molar-refractivity contribution < 1.29 is 0 Å². The zero-order chi connectivity index (χ0) is 45.5. The molecule has 64 heavy (non-hydrogen) atoms. The summed E-state index contributed by atoms with van der Waals surface area (Å²) >= 11 is 0. The largest absolute Gasteiger partial charge is 0.337 e. The van der Waals surface area contributed by atoms with Gasteiger partial charge in [-0.1, -0.05) is 0 Å². The molecule has 0 amide bonds. The van der Waals surface area contributed by atoms with E-state index in [1.807, 2.05) is 51.6 Å². The number of rotatable bonds is 16. The Balaban J connectivity index is 0.000000161. The summed E-state index contributed by atoms with van der Waals surface area (Å²) in [5.74, 6) is 3.83. The summed E-state index contributed by atoms with van der Waals surface area (Å²) in [6.07, 6.45) is 37.8. The molecule has 4 aliphatic rings. The Labute approximate surface area is 390 Å². The standard InChI is InChI=1S/4C13H23N3/c2*1-12-10-16(11-14-12)7-3-4-13-5-8-15(2)9-6-13;2*1-12-10-14-11-16(12)7-3-4-13-5-8-15(2)9-6-13/h4*10-11,13H,3-9H2,1-2H3. The van der Waals surface area contributed by atoms with Crippen molar-refractivity contribution in [1.29, 1.82) is 0 Å². The molecule has 12 nitrogen and oxygen atoms in total. The molecule has 0 spiro atoms. The van der Waals surface area contributed by atoms with Gasteiger partial charge < -0.3 is 37.9 Å². The summed E-state index contributed by atoms with van der Waals surface area (Å²) in [5, 5.41) is 0. The van der Waals surface area contributed by atoms with Crippen LogP contribution < -0.4 is 0 Å². The van der Waals surface area contributed by atoms with E-state index in [0.29, 0.717) is 0 Å². The summed E-state index contributed by atoms with van der Waals surface area (Å²) in [6.45, 7) is 23.2. The van der Waals surface area contributed by atoms with Crippen LogP contribution >= 0.6 is 0 Å². The average Bonchev–Trinajstić information content (AvgIpc) is 4.11. The van der Waals surface area contributed by atoms with Crippen molar-refractivity contribution in [2.24, 2.45) is 23.7 Å². The molecule has 0 N–H and O–H groups in total. The first-order valence-electron chi connectivity index (χ1n) is 25.6. The molecule has 0 radical (unpaired) electrons. The van der Waals surface area contributed by atoms with Crippen molar-refractivity contribution >= 4 is 0 Å². The van der Waals surface area contributed by atoms with Gasteiger partial charge in [-0.25, -0.2) is 19.9 Å². The number of imidazole rings is 4. The first-order chi connectivity index (χ1) is 31.0. The minimum atomic E-state index is 0.958. The molecule has 12 heteroatoms. The number of likely N-dealkylation sites (tertiary alicyclic amines) is 4. The quantitative estimate of drug-likeness (QED) is 0.110. The van der Waals surface area contributed by atoms with Gasteiger partial charge in [0.15, 0.2) is 0 Å². The highest BCUT2D eigenvalue weighted by molar-refractivity contribution is 4.95. The fourth-order valence-corrected chi connectivity index (χ4v) is 10.1. The normalized spacial score (nSPS) is 19.1. The lowest BCUT2D eigenvalue weighted by Gasteiger charge is -2.28. The maximum absolute atomic E-state index is 4.25. The van der Waals surface area contributed by atoms with Crippen molar-refractivity contribution in [1.82, 2.24) is 57.8 Å². The van der Waals surface area contributed by atoms with Crippen molar-refractivity contribution in [3.63, 3.8) is 0 Å². The van der Waals surface area contributed by atoms with Gasteiger partial charge in [-0.2, -0.15) is 0 Å². The molecule has 360 valence electrons. The fraction of sp³-hybridized carbons (Fsp3) is 0.769. The first kappa shape index (κ1) is 51.7. The third kappa shape index (κ3) is 20.0. The molecule has 8 heterocycles. The summed E-state index contributed by atoms with van der Waals surface area (Å²) < 4.78 is 8.94. The number of aryl methyl sites for hydroxylation is 8. The Kier molecular flexibility index (Phi) is 23.1. The number of piperidine rings is 4. The van der Waals surface area contributed by atoms with E-state index in [-0.39, 0.29) is 0 Å². The van der Waals surface area contributed by atoms with Gasteiger partial charge >= 0.3 is 0 Å². The Morgan fingerprint density at radius 2 is 0.688 bits per heavy atom. The average molecular weight is 885 g/mol. The zero-order valence-electron chi connectivity index (χ0n) is 42.1. The van der Waals surface area contributed by atoms with Crippen molar-refractivity contribution in [2.75, 3.05) is 80.5 Å². The summed E-state index contributed by atoms with van der Waals surface area (Å²) in [6, 6.07) is 0. The second-order valence-corrected chi connectivity index (χ2v) is 20.5. The molecule has 8 rings (SSSR count). The minimum Gasteiger partial charge on any atom is -0.337 e. The predicted octanol–water partition coefficient (Wildman–Crippen LogP) is 9.25. The molecule has 0 atom stereocenters. The van der Waals surface area contributed by atoms with Crippen LogP contribution in [0.3, 0.4) is 0 Å². The molecule has 4 fully saturated rings. The molecule has 0 saturated carbocycles. The summed E-state index contributed by atoms with van der Waals surface area (Å²) in [4.78, 5) is 26.6. The smallest absolute Gasteiger partial charge is 0.0949 e. The lowest BCUT2D eigenvalue weighted by atomic mass is 9.92. The number of aromatic nitrogens is 8. The van der Waals surface area contributed by atoms with E-state index < -0.39 is 0 Å². The maximum Gasteiger partial charge on any atom is 0.0949 e. The minimum absolute atomic E-state index is 0.958. The van der Waals surface area contributed by atoms with Gasteiger partial charge in [0.2, 0.25) is 0 Å². The van der Waals surface area contributed by atoms with Crippen LogP contribution in [0.1, 0.15) is 126 Å². The van der Waals surface area contributed by atoms with E-state index in [1.165, 1.54) is 166 Å². The third-order valence-corrected chi connectivity index (χ3v) is 14.8.